The smallest absolute Gasteiger partial charge is 0.319 e. The van der Waals surface area contributed by atoms with E-state index in [1.165, 1.54) is 5.56 Å². The van der Waals surface area contributed by atoms with Crippen molar-refractivity contribution in [3.63, 3.8) is 0 Å². The molecule has 2 rings (SSSR count). The minimum absolute atomic E-state index is 0.0145. The molecule has 168 valence electrons. The van der Waals surface area contributed by atoms with Crippen molar-refractivity contribution in [3.8, 4) is 5.75 Å². The molecular weight excluding hydrogens is 390 g/mol. The molecule has 0 radical (unpaired) electrons. The molecule has 0 bridgehead atoms. The standard InChI is InChI=1S/C25H35N3O3/c1-17(2)23(28-25(30)27-21-9-7-6-8-10-21)24(29)26-19(5)11-12-20-13-15-22(16-14-20)31-18(3)4/h6-10,13-19,23H,11-12H2,1-5H3,(H,26,29)(H2,27,28,30). The average Bonchev–Trinajstić information content (AvgIpc) is 2.71. The lowest BCUT2D eigenvalue weighted by molar-refractivity contribution is -0.124. The van der Waals surface area contributed by atoms with Crippen LogP contribution in [0, 0.1) is 5.92 Å². The molecule has 0 aliphatic rings. The first-order valence-corrected chi connectivity index (χ1v) is 10.9. The van der Waals surface area contributed by atoms with E-state index in [4.69, 9.17) is 4.74 Å². The molecule has 0 fully saturated rings. The highest BCUT2D eigenvalue weighted by atomic mass is 16.5. The Morgan fingerprint density at radius 1 is 0.871 bits per heavy atom. The second kappa shape index (κ2) is 12.0. The van der Waals surface area contributed by atoms with E-state index in [9.17, 15) is 9.59 Å². The maximum Gasteiger partial charge on any atom is 0.319 e. The van der Waals surface area contributed by atoms with Gasteiger partial charge in [-0.2, -0.15) is 0 Å². The number of anilines is 1. The van der Waals surface area contributed by atoms with Gasteiger partial charge in [0.25, 0.3) is 0 Å². The van der Waals surface area contributed by atoms with Gasteiger partial charge in [-0.1, -0.05) is 44.2 Å². The van der Waals surface area contributed by atoms with Gasteiger partial charge in [0.1, 0.15) is 11.8 Å². The van der Waals surface area contributed by atoms with Crippen molar-refractivity contribution in [2.24, 2.45) is 5.92 Å². The van der Waals surface area contributed by atoms with Gasteiger partial charge in [-0.25, -0.2) is 4.79 Å². The maximum absolute atomic E-state index is 12.8. The predicted octanol–water partition coefficient (Wildman–Crippen LogP) is 4.76. The van der Waals surface area contributed by atoms with Crippen LogP contribution in [0.3, 0.4) is 0 Å². The highest BCUT2D eigenvalue weighted by Crippen LogP contribution is 2.15. The summed E-state index contributed by atoms with van der Waals surface area (Å²) in [5.41, 5.74) is 1.87. The third-order valence-corrected chi connectivity index (χ3v) is 4.82. The monoisotopic (exact) mass is 425 g/mol. The number of benzene rings is 2. The van der Waals surface area contributed by atoms with Crippen LogP contribution in [0.4, 0.5) is 10.5 Å². The average molecular weight is 426 g/mol. The van der Waals surface area contributed by atoms with Gasteiger partial charge < -0.3 is 20.7 Å². The molecule has 0 aliphatic carbocycles. The Bertz CT molecular complexity index is 820. The van der Waals surface area contributed by atoms with Gasteiger partial charge in [0.15, 0.2) is 0 Å². The van der Waals surface area contributed by atoms with Crippen molar-refractivity contribution >= 4 is 17.6 Å². The minimum Gasteiger partial charge on any atom is -0.491 e. The van der Waals surface area contributed by atoms with Crippen LogP contribution in [0.1, 0.15) is 46.6 Å². The third-order valence-electron chi connectivity index (χ3n) is 4.82. The van der Waals surface area contributed by atoms with Crippen LogP contribution in [-0.4, -0.2) is 30.1 Å². The van der Waals surface area contributed by atoms with Gasteiger partial charge >= 0.3 is 6.03 Å². The van der Waals surface area contributed by atoms with E-state index < -0.39 is 12.1 Å². The number of rotatable bonds is 10. The number of aryl methyl sites for hydroxylation is 1. The molecule has 0 aliphatic heterocycles. The van der Waals surface area contributed by atoms with Gasteiger partial charge in [-0.15, -0.1) is 0 Å². The fourth-order valence-corrected chi connectivity index (χ4v) is 3.16. The van der Waals surface area contributed by atoms with Gasteiger partial charge in [0.2, 0.25) is 5.91 Å². The summed E-state index contributed by atoms with van der Waals surface area (Å²) in [5.74, 6) is 0.647. The van der Waals surface area contributed by atoms with Crippen molar-refractivity contribution in [2.75, 3.05) is 5.32 Å². The maximum atomic E-state index is 12.8. The van der Waals surface area contributed by atoms with Crippen molar-refractivity contribution in [1.82, 2.24) is 10.6 Å². The molecule has 6 heteroatoms. The van der Waals surface area contributed by atoms with E-state index in [0.717, 1.165) is 18.6 Å². The Morgan fingerprint density at radius 2 is 1.52 bits per heavy atom. The quantitative estimate of drug-likeness (QED) is 0.514. The lowest BCUT2D eigenvalue weighted by Gasteiger charge is -2.24. The van der Waals surface area contributed by atoms with Crippen LogP contribution in [0.25, 0.3) is 0 Å². The first-order valence-electron chi connectivity index (χ1n) is 10.9. The number of carbonyl (C=O) groups is 2. The molecule has 0 aromatic heterocycles. The summed E-state index contributed by atoms with van der Waals surface area (Å²) in [5, 5.41) is 8.58. The number of amides is 3. The summed E-state index contributed by atoms with van der Waals surface area (Å²) in [6.07, 6.45) is 1.80. The number of hydrogen-bond donors (Lipinski definition) is 3. The van der Waals surface area contributed by atoms with Crippen LogP contribution in [-0.2, 0) is 11.2 Å². The summed E-state index contributed by atoms with van der Waals surface area (Å²) in [7, 11) is 0. The fourth-order valence-electron chi connectivity index (χ4n) is 3.16. The zero-order valence-corrected chi connectivity index (χ0v) is 19.1. The van der Waals surface area contributed by atoms with Crippen molar-refractivity contribution < 1.29 is 14.3 Å². The Labute approximate surface area is 185 Å². The summed E-state index contributed by atoms with van der Waals surface area (Å²) >= 11 is 0. The summed E-state index contributed by atoms with van der Waals surface area (Å²) in [4.78, 5) is 25.1. The van der Waals surface area contributed by atoms with Crippen LogP contribution in [0.2, 0.25) is 0 Å². The number of nitrogens with one attached hydrogen (secondary N) is 3. The number of urea groups is 1. The first kappa shape index (κ1) is 24.3. The number of ether oxygens (including phenoxy) is 1. The normalized spacial score (nSPS) is 12.9. The summed E-state index contributed by atoms with van der Waals surface area (Å²) < 4.78 is 5.67. The van der Waals surface area contributed by atoms with E-state index in [1.54, 1.807) is 12.1 Å². The molecular formula is C25H35N3O3. The molecule has 2 aromatic rings. The lowest BCUT2D eigenvalue weighted by atomic mass is 10.0. The molecule has 0 spiro atoms. The topological polar surface area (TPSA) is 79.5 Å². The summed E-state index contributed by atoms with van der Waals surface area (Å²) in [6, 6.07) is 16.2. The van der Waals surface area contributed by atoms with Crippen LogP contribution < -0.4 is 20.7 Å². The van der Waals surface area contributed by atoms with E-state index in [1.807, 2.05) is 65.0 Å². The van der Waals surface area contributed by atoms with Gasteiger partial charge in [-0.3, -0.25) is 4.79 Å². The Morgan fingerprint density at radius 3 is 2.10 bits per heavy atom. The highest BCUT2D eigenvalue weighted by molar-refractivity contribution is 5.93. The van der Waals surface area contributed by atoms with Gasteiger partial charge in [0, 0.05) is 11.7 Å². The highest BCUT2D eigenvalue weighted by Gasteiger charge is 2.25. The van der Waals surface area contributed by atoms with Gasteiger partial charge in [0.05, 0.1) is 6.10 Å². The van der Waals surface area contributed by atoms with Crippen molar-refractivity contribution in [1.29, 1.82) is 0 Å². The van der Waals surface area contributed by atoms with E-state index in [0.29, 0.717) is 5.69 Å². The molecule has 31 heavy (non-hydrogen) atoms. The molecule has 2 unspecified atom stereocenters. The zero-order valence-electron chi connectivity index (χ0n) is 19.1. The zero-order chi connectivity index (χ0) is 22.8. The second-order valence-electron chi connectivity index (χ2n) is 8.45. The molecule has 3 amide bonds. The number of hydrogen-bond acceptors (Lipinski definition) is 3. The Balaban J connectivity index is 1.83. The SMILES string of the molecule is CC(CCc1ccc(OC(C)C)cc1)NC(=O)C(NC(=O)Nc1ccccc1)C(C)C. The van der Waals surface area contributed by atoms with Crippen molar-refractivity contribution in [3.05, 3.63) is 60.2 Å². The van der Waals surface area contributed by atoms with E-state index in [-0.39, 0.29) is 24.0 Å². The first-order chi connectivity index (χ1) is 14.7. The molecule has 3 N–H and O–H groups in total. The molecule has 2 aromatic carbocycles. The second-order valence-corrected chi connectivity index (χ2v) is 8.45. The molecule has 0 saturated carbocycles. The number of para-hydroxylation sites is 1. The van der Waals surface area contributed by atoms with Crippen LogP contribution in [0.15, 0.2) is 54.6 Å². The largest absolute Gasteiger partial charge is 0.491 e. The summed E-state index contributed by atoms with van der Waals surface area (Å²) in [6.45, 7) is 9.82. The van der Waals surface area contributed by atoms with Crippen molar-refractivity contribution in [2.45, 2.75) is 65.6 Å². The third kappa shape index (κ3) is 8.70. The lowest BCUT2D eigenvalue weighted by Crippen LogP contribution is -2.52. The molecule has 6 nitrogen and oxygen atoms in total. The van der Waals surface area contributed by atoms with E-state index >= 15 is 0 Å². The Kier molecular flexibility index (Phi) is 9.38. The van der Waals surface area contributed by atoms with Crippen LogP contribution >= 0.6 is 0 Å². The number of carbonyl (C=O) groups excluding carboxylic acids is 2. The van der Waals surface area contributed by atoms with Gasteiger partial charge in [-0.05, 0) is 69.4 Å². The fraction of sp³-hybridized carbons (Fsp3) is 0.440. The predicted molar refractivity (Wildman–Crippen MR) is 125 cm³/mol. The van der Waals surface area contributed by atoms with Crippen LogP contribution in [0.5, 0.6) is 5.75 Å². The molecule has 0 saturated heterocycles. The molecule has 2 atom stereocenters. The van der Waals surface area contributed by atoms with E-state index in [2.05, 4.69) is 28.1 Å². The molecule has 0 heterocycles. The Hall–Kier alpha value is -3.02. The minimum atomic E-state index is -0.612.